The number of ether oxygens (including phenoxy) is 2. The Bertz CT molecular complexity index is 640. The molecule has 0 aliphatic rings. The molecule has 0 N–H and O–H groups in total. The maximum Gasteiger partial charge on any atom is 0.169 e. The third-order valence-electron chi connectivity index (χ3n) is 3.00. The molecule has 0 fully saturated rings. The first-order valence-corrected chi connectivity index (χ1v) is 8.79. The first-order chi connectivity index (χ1) is 12.0. The van der Waals surface area contributed by atoms with E-state index < -0.39 is 0 Å². The molecule has 0 unspecified atom stereocenters. The van der Waals surface area contributed by atoms with E-state index in [4.69, 9.17) is 9.47 Å². The Hall–Kier alpha value is -2.48. The van der Waals surface area contributed by atoms with Gasteiger partial charge in [-0.2, -0.15) is 0 Å². The number of rotatable bonds is 5. The summed E-state index contributed by atoms with van der Waals surface area (Å²) in [6.45, 7) is 17.9. The van der Waals surface area contributed by atoms with Crippen molar-refractivity contribution in [2.24, 2.45) is 0 Å². The Morgan fingerprint density at radius 2 is 1.56 bits per heavy atom. The van der Waals surface area contributed by atoms with Crippen LogP contribution in [0.3, 0.4) is 0 Å². The quantitative estimate of drug-likeness (QED) is 0.557. The van der Waals surface area contributed by atoms with Gasteiger partial charge < -0.3 is 9.47 Å². The van der Waals surface area contributed by atoms with Crippen molar-refractivity contribution in [2.45, 2.75) is 41.0 Å². The van der Waals surface area contributed by atoms with Gasteiger partial charge in [-0.3, -0.25) is 0 Å². The van der Waals surface area contributed by atoms with E-state index in [0.717, 1.165) is 22.4 Å². The molecule has 2 nitrogen and oxygen atoms in total. The van der Waals surface area contributed by atoms with Crippen LogP contribution in [0.4, 0.5) is 0 Å². The number of allylic oxidation sites excluding steroid dienone is 1. The third kappa shape index (κ3) is 7.75. The molecule has 0 aromatic heterocycles. The van der Waals surface area contributed by atoms with Crippen molar-refractivity contribution in [3.63, 3.8) is 0 Å². The topological polar surface area (TPSA) is 18.5 Å². The second kappa shape index (κ2) is 12.9. The van der Waals surface area contributed by atoms with E-state index in [0.29, 0.717) is 11.5 Å². The van der Waals surface area contributed by atoms with Crippen molar-refractivity contribution < 1.29 is 9.47 Å². The van der Waals surface area contributed by atoms with Crippen LogP contribution in [-0.2, 0) is 0 Å². The SMILES string of the molecule is C=Cc1ccc(Oc2ccc(C(=C)C)cc2)c(OC)c1.CC.CCC. The molecular formula is C23H32O2. The van der Waals surface area contributed by atoms with Crippen LogP contribution in [0.5, 0.6) is 17.2 Å². The van der Waals surface area contributed by atoms with Crippen LogP contribution in [0, 0.1) is 0 Å². The molecule has 0 radical (unpaired) electrons. The lowest BCUT2D eigenvalue weighted by atomic mass is 10.1. The third-order valence-corrected chi connectivity index (χ3v) is 3.00. The number of benzene rings is 2. The van der Waals surface area contributed by atoms with Gasteiger partial charge >= 0.3 is 0 Å². The number of hydrogen-bond acceptors (Lipinski definition) is 2. The van der Waals surface area contributed by atoms with Crippen molar-refractivity contribution in [2.75, 3.05) is 7.11 Å². The second-order valence-electron chi connectivity index (χ2n) is 5.23. The van der Waals surface area contributed by atoms with Gasteiger partial charge in [0.05, 0.1) is 7.11 Å². The molecule has 0 heterocycles. The van der Waals surface area contributed by atoms with Crippen LogP contribution in [0.2, 0.25) is 0 Å². The van der Waals surface area contributed by atoms with E-state index in [1.165, 1.54) is 6.42 Å². The highest BCUT2D eigenvalue weighted by atomic mass is 16.5. The van der Waals surface area contributed by atoms with Gasteiger partial charge in [-0.05, 0) is 42.3 Å². The molecule has 0 saturated carbocycles. The monoisotopic (exact) mass is 340 g/mol. The van der Waals surface area contributed by atoms with Crippen molar-refractivity contribution >= 4 is 11.6 Å². The Kier molecular flexibility index (Phi) is 11.6. The van der Waals surface area contributed by atoms with Gasteiger partial charge in [0.25, 0.3) is 0 Å². The second-order valence-corrected chi connectivity index (χ2v) is 5.23. The Labute approximate surface area is 153 Å². The van der Waals surface area contributed by atoms with Gasteiger partial charge in [-0.15, -0.1) is 0 Å². The van der Waals surface area contributed by atoms with Gasteiger partial charge in [0.2, 0.25) is 0 Å². The predicted molar refractivity (Wildman–Crippen MR) is 112 cm³/mol. The van der Waals surface area contributed by atoms with Gasteiger partial charge in [-0.25, -0.2) is 0 Å². The summed E-state index contributed by atoms with van der Waals surface area (Å²) in [6, 6.07) is 13.5. The smallest absolute Gasteiger partial charge is 0.169 e. The molecule has 0 saturated heterocycles. The van der Waals surface area contributed by atoms with E-state index in [1.807, 2.05) is 63.2 Å². The van der Waals surface area contributed by atoms with Gasteiger partial charge in [-0.1, -0.05) is 77.1 Å². The molecule has 25 heavy (non-hydrogen) atoms. The number of methoxy groups -OCH3 is 1. The summed E-state index contributed by atoms with van der Waals surface area (Å²) in [5.41, 5.74) is 3.13. The highest BCUT2D eigenvalue weighted by molar-refractivity contribution is 5.62. The maximum absolute atomic E-state index is 5.85. The summed E-state index contributed by atoms with van der Waals surface area (Å²) >= 11 is 0. The lowest BCUT2D eigenvalue weighted by molar-refractivity contribution is 0.379. The summed E-state index contributed by atoms with van der Waals surface area (Å²) in [6.07, 6.45) is 3.02. The Balaban J connectivity index is 0.00000104. The van der Waals surface area contributed by atoms with Crippen LogP contribution >= 0.6 is 0 Å². The Morgan fingerprint density at radius 1 is 1.00 bits per heavy atom. The first-order valence-electron chi connectivity index (χ1n) is 8.79. The fourth-order valence-electron chi connectivity index (χ4n) is 1.83. The summed E-state index contributed by atoms with van der Waals surface area (Å²) < 4.78 is 11.2. The fraction of sp³-hybridized carbons (Fsp3) is 0.304. The average molecular weight is 341 g/mol. The molecule has 2 aromatic carbocycles. The molecule has 2 heteroatoms. The van der Waals surface area contributed by atoms with Gasteiger partial charge in [0, 0.05) is 0 Å². The Morgan fingerprint density at radius 3 is 2.00 bits per heavy atom. The van der Waals surface area contributed by atoms with Gasteiger partial charge in [0.15, 0.2) is 11.5 Å². The molecule has 0 aliphatic heterocycles. The predicted octanol–water partition coefficient (Wildman–Crippen LogP) is 7.61. The molecule has 0 aliphatic carbocycles. The molecule has 0 atom stereocenters. The summed E-state index contributed by atoms with van der Waals surface area (Å²) in [4.78, 5) is 0. The molecular weight excluding hydrogens is 308 g/mol. The van der Waals surface area contributed by atoms with Crippen LogP contribution < -0.4 is 9.47 Å². The fourth-order valence-corrected chi connectivity index (χ4v) is 1.83. The molecule has 0 spiro atoms. The highest BCUT2D eigenvalue weighted by Gasteiger charge is 2.06. The summed E-state index contributed by atoms with van der Waals surface area (Å²) in [5.74, 6) is 2.13. The average Bonchev–Trinajstić information content (AvgIpc) is 2.65. The summed E-state index contributed by atoms with van der Waals surface area (Å²) in [7, 11) is 1.62. The van der Waals surface area contributed by atoms with E-state index in [-0.39, 0.29) is 0 Å². The summed E-state index contributed by atoms with van der Waals surface area (Å²) in [5, 5.41) is 0. The lowest BCUT2D eigenvalue weighted by Gasteiger charge is -2.11. The zero-order valence-corrected chi connectivity index (χ0v) is 16.6. The van der Waals surface area contributed by atoms with E-state index in [1.54, 1.807) is 13.2 Å². The van der Waals surface area contributed by atoms with Crippen LogP contribution in [0.15, 0.2) is 55.6 Å². The van der Waals surface area contributed by atoms with Crippen LogP contribution in [0.1, 0.15) is 52.2 Å². The zero-order chi connectivity index (χ0) is 19.2. The van der Waals surface area contributed by atoms with E-state index in [2.05, 4.69) is 27.0 Å². The standard InChI is InChI=1S/C18H18O2.C3H8.C2H6/c1-5-14-6-11-17(18(12-14)19-4)20-16-9-7-15(8-10-16)13(2)3;1-3-2;1-2/h5-12H,1-2H2,3-4H3;3H2,1-2H3;1-2H3. The minimum atomic E-state index is 0.682. The van der Waals surface area contributed by atoms with Crippen LogP contribution in [-0.4, -0.2) is 7.11 Å². The first kappa shape index (κ1) is 22.5. The zero-order valence-electron chi connectivity index (χ0n) is 16.6. The highest BCUT2D eigenvalue weighted by Crippen LogP contribution is 2.32. The van der Waals surface area contributed by atoms with Crippen molar-refractivity contribution in [3.05, 3.63) is 66.7 Å². The molecule has 2 aromatic rings. The molecule has 2 rings (SSSR count). The largest absolute Gasteiger partial charge is 0.493 e. The maximum atomic E-state index is 5.85. The van der Waals surface area contributed by atoms with E-state index >= 15 is 0 Å². The molecule has 0 amide bonds. The molecule has 0 bridgehead atoms. The van der Waals surface area contributed by atoms with Crippen molar-refractivity contribution in [1.29, 1.82) is 0 Å². The van der Waals surface area contributed by atoms with Crippen molar-refractivity contribution in [1.82, 2.24) is 0 Å². The number of hydrogen-bond donors (Lipinski definition) is 0. The van der Waals surface area contributed by atoms with Crippen LogP contribution in [0.25, 0.3) is 11.6 Å². The van der Waals surface area contributed by atoms with E-state index in [9.17, 15) is 0 Å². The normalized spacial score (nSPS) is 8.88. The van der Waals surface area contributed by atoms with Gasteiger partial charge in [0.1, 0.15) is 5.75 Å². The minimum Gasteiger partial charge on any atom is -0.493 e. The molecule has 136 valence electrons. The van der Waals surface area contributed by atoms with Crippen molar-refractivity contribution in [3.8, 4) is 17.2 Å². The minimum absolute atomic E-state index is 0.682. The lowest BCUT2D eigenvalue weighted by Crippen LogP contribution is -1.91.